The Morgan fingerprint density at radius 1 is 1.18 bits per heavy atom. The van der Waals surface area contributed by atoms with Gasteiger partial charge in [-0.15, -0.1) is 0 Å². The van der Waals surface area contributed by atoms with Crippen molar-refractivity contribution in [3.05, 3.63) is 64.2 Å². The van der Waals surface area contributed by atoms with E-state index in [1.807, 2.05) is 6.07 Å². The fourth-order valence-electron chi connectivity index (χ4n) is 1.93. The standard InChI is InChI=1S/C16H12ClF3O2/c1-10(21)12-7-14(17)15(8-13(12)16(18,19)20)22-9-11-5-3-2-4-6-11/h2-8H,9H2,1H3. The van der Waals surface area contributed by atoms with E-state index in [9.17, 15) is 18.0 Å². The van der Waals surface area contributed by atoms with E-state index >= 15 is 0 Å². The Balaban J connectivity index is 2.34. The molecule has 0 spiro atoms. The Kier molecular flexibility index (Phi) is 4.76. The number of hydrogen-bond acceptors (Lipinski definition) is 2. The lowest BCUT2D eigenvalue weighted by Crippen LogP contribution is -2.12. The number of ether oxygens (including phenoxy) is 1. The molecule has 0 saturated heterocycles. The summed E-state index contributed by atoms with van der Waals surface area (Å²) in [6, 6.07) is 10.7. The molecule has 0 aliphatic rings. The first-order valence-electron chi connectivity index (χ1n) is 6.37. The van der Waals surface area contributed by atoms with Gasteiger partial charge in [0.25, 0.3) is 0 Å². The number of Topliss-reactive ketones (excluding diaryl/α,β-unsaturated/α-hetero) is 1. The van der Waals surface area contributed by atoms with E-state index in [0.717, 1.165) is 24.6 Å². The molecular formula is C16H12ClF3O2. The molecule has 0 unspecified atom stereocenters. The highest BCUT2D eigenvalue weighted by molar-refractivity contribution is 6.32. The van der Waals surface area contributed by atoms with Gasteiger partial charge in [0.2, 0.25) is 0 Å². The van der Waals surface area contributed by atoms with Crippen LogP contribution in [0.5, 0.6) is 5.75 Å². The van der Waals surface area contributed by atoms with Crippen molar-refractivity contribution in [3.8, 4) is 5.75 Å². The Hall–Kier alpha value is -2.01. The molecule has 0 saturated carbocycles. The van der Waals surface area contributed by atoms with Crippen LogP contribution in [0.3, 0.4) is 0 Å². The molecule has 2 aromatic carbocycles. The van der Waals surface area contributed by atoms with E-state index in [1.165, 1.54) is 0 Å². The second kappa shape index (κ2) is 6.40. The molecule has 0 N–H and O–H groups in total. The highest BCUT2D eigenvalue weighted by atomic mass is 35.5. The zero-order valence-electron chi connectivity index (χ0n) is 11.6. The third kappa shape index (κ3) is 3.80. The van der Waals surface area contributed by atoms with Gasteiger partial charge in [-0.1, -0.05) is 41.9 Å². The molecule has 0 aliphatic carbocycles. The van der Waals surface area contributed by atoms with Gasteiger partial charge in [0, 0.05) is 5.56 Å². The van der Waals surface area contributed by atoms with Crippen molar-refractivity contribution in [1.82, 2.24) is 0 Å². The first kappa shape index (κ1) is 16.4. The number of hydrogen-bond donors (Lipinski definition) is 0. The number of ketones is 1. The minimum absolute atomic E-state index is 0.0332. The second-order valence-electron chi connectivity index (χ2n) is 4.66. The summed E-state index contributed by atoms with van der Waals surface area (Å²) < 4.78 is 44.4. The highest BCUT2D eigenvalue weighted by Crippen LogP contribution is 2.38. The van der Waals surface area contributed by atoms with Crippen LogP contribution in [0.1, 0.15) is 28.4 Å². The average molecular weight is 329 g/mol. The number of alkyl halides is 3. The number of rotatable bonds is 4. The van der Waals surface area contributed by atoms with Crippen molar-refractivity contribution in [1.29, 1.82) is 0 Å². The monoisotopic (exact) mass is 328 g/mol. The van der Waals surface area contributed by atoms with Crippen LogP contribution in [0.2, 0.25) is 5.02 Å². The lowest BCUT2D eigenvalue weighted by molar-refractivity contribution is -0.138. The summed E-state index contributed by atoms with van der Waals surface area (Å²) in [5, 5.41) is -0.0332. The number of benzene rings is 2. The van der Waals surface area contributed by atoms with Crippen LogP contribution in [-0.2, 0) is 12.8 Å². The molecule has 0 radical (unpaired) electrons. The molecule has 0 aliphatic heterocycles. The summed E-state index contributed by atoms with van der Waals surface area (Å²) >= 11 is 5.92. The van der Waals surface area contributed by atoms with E-state index in [2.05, 4.69) is 0 Å². The van der Waals surface area contributed by atoms with Crippen molar-refractivity contribution in [2.45, 2.75) is 19.7 Å². The first-order chi connectivity index (χ1) is 10.3. The lowest BCUT2D eigenvalue weighted by Gasteiger charge is -2.15. The smallest absolute Gasteiger partial charge is 0.417 e. The van der Waals surface area contributed by atoms with Gasteiger partial charge in [-0.25, -0.2) is 0 Å². The minimum atomic E-state index is -4.66. The normalized spacial score (nSPS) is 11.3. The van der Waals surface area contributed by atoms with Crippen molar-refractivity contribution in [2.75, 3.05) is 0 Å². The summed E-state index contributed by atoms with van der Waals surface area (Å²) in [5.74, 6) is -0.813. The van der Waals surface area contributed by atoms with Gasteiger partial charge < -0.3 is 4.74 Å². The van der Waals surface area contributed by atoms with E-state index in [0.29, 0.717) is 0 Å². The molecule has 0 heterocycles. The molecule has 22 heavy (non-hydrogen) atoms. The molecule has 0 fully saturated rings. The van der Waals surface area contributed by atoms with Gasteiger partial charge >= 0.3 is 6.18 Å². The summed E-state index contributed by atoms with van der Waals surface area (Å²) in [5.41, 5.74) is -0.722. The zero-order valence-corrected chi connectivity index (χ0v) is 12.3. The van der Waals surface area contributed by atoms with Crippen LogP contribution >= 0.6 is 11.6 Å². The summed E-state index contributed by atoms with van der Waals surface area (Å²) in [6.45, 7) is 1.14. The van der Waals surface area contributed by atoms with Gasteiger partial charge in [0.1, 0.15) is 12.4 Å². The van der Waals surface area contributed by atoms with E-state index in [-0.39, 0.29) is 17.4 Å². The Morgan fingerprint density at radius 3 is 2.36 bits per heavy atom. The molecule has 2 aromatic rings. The molecule has 2 rings (SSSR count). The largest absolute Gasteiger partial charge is 0.487 e. The van der Waals surface area contributed by atoms with E-state index in [1.54, 1.807) is 24.3 Å². The Bertz CT molecular complexity index is 682. The molecule has 0 bridgehead atoms. The van der Waals surface area contributed by atoms with Gasteiger partial charge in [-0.05, 0) is 24.6 Å². The summed E-state index contributed by atoms with van der Waals surface area (Å²) in [7, 11) is 0. The van der Waals surface area contributed by atoms with Gasteiger partial charge in [0.05, 0.1) is 10.6 Å². The predicted octanol–water partition coefficient (Wildman–Crippen LogP) is 5.14. The van der Waals surface area contributed by atoms with Gasteiger partial charge in [0.15, 0.2) is 5.78 Å². The third-order valence-corrected chi connectivity index (χ3v) is 3.29. The van der Waals surface area contributed by atoms with Crippen molar-refractivity contribution >= 4 is 17.4 Å². The molecular weight excluding hydrogens is 317 g/mol. The van der Waals surface area contributed by atoms with Crippen molar-refractivity contribution in [3.63, 3.8) is 0 Å². The van der Waals surface area contributed by atoms with E-state index in [4.69, 9.17) is 16.3 Å². The second-order valence-corrected chi connectivity index (χ2v) is 5.06. The van der Waals surface area contributed by atoms with Crippen LogP contribution in [0.25, 0.3) is 0 Å². The van der Waals surface area contributed by atoms with Crippen molar-refractivity contribution < 1.29 is 22.7 Å². The number of carbonyl (C=O) groups excluding carboxylic acids is 1. The van der Waals surface area contributed by atoms with Crippen molar-refractivity contribution in [2.24, 2.45) is 0 Å². The summed E-state index contributed by atoms with van der Waals surface area (Å²) in [4.78, 5) is 11.4. The fourth-order valence-corrected chi connectivity index (χ4v) is 2.14. The molecule has 0 amide bonds. The van der Waals surface area contributed by atoms with E-state index < -0.39 is 23.1 Å². The SMILES string of the molecule is CC(=O)c1cc(Cl)c(OCc2ccccc2)cc1C(F)(F)F. The number of halogens is 4. The quantitative estimate of drug-likeness (QED) is 0.726. The van der Waals surface area contributed by atoms with Crippen LogP contribution in [0.4, 0.5) is 13.2 Å². The molecule has 0 aromatic heterocycles. The fraction of sp³-hybridized carbons (Fsp3) is 0.188. The molecule has 116 valence electrons. The lowest BCUT2D eigenvalue weighted by atomic mass is 10.0. The third-order valence-electron chi connectivity index (χ3n) is 2.99. The van der Waals surface area contributed by atoms with Crippen LogP contribution in [0, 0.1) is 0 Å². The maximum Gasteiger partial charge on any atom is 0.417 e. The topological polar surface area (TPSA) is 26.3 Å². The first-order valence-corrected chi connectivity index (χ1v) is 6.75. The zero-order chi connectivity index (χ0) is 16.3. The average Bonchev–Trinajstić information content (AvgIpc) is 2.45. The Labute approximate surface area is 130 Å². The molecule has 2 nitrogen and oxygen atoms in total. The van der Waals surface area contributed by atoms with Gasteiger partial charge in [-0.2, -0.15) is 13.2 Å². The van der Waals surface area contributed by atoms with Crippen LogP contribution in [0.15, 0.2) is 42.5 Å². The maximum absolute atomic E-state index is 13.0. The molecule has 0 atom stereocenters. The van der Waals surface area contributed by atoms with Gasteiger partial charge in [-0.3, -0.25) is 4.79 Å². The number of carbonyl (C=O) groups is 1. The predicted molar refractivity (Wildman–Crippen MR) is 77.2 cm³/mol. The van der Waals surface area contributed by atoms with Crippen LogP contribution < -0.4 is 4.74 Å². The maximum atomic E-state index is 13.0. The molecule has 6 heteroatoms. The minimum Gasteiger partial charge on any atom is -0.487 e. The highest BCUT2D eigenvalue weighted by Gasteiger charge is 2.35. The Morgan fingerprint density at radius 2 is 1.82 bits per heavy atom. The van der Waals surface area contributed by atoms with Crippen LogP contribution in [-0.4, -0.2) is 5.78 Å². The summed E-state index contributed by atoms with van der Waals surface area (Å²) in [6.07, 6.45) is -4.66.